The molecule has 5 nitrogen and oxygen atoms in total. The molecule has 0 fully saturated rings. The van der Waals surface area contributed by atoms with Crippen molar-refractivity contribution in [1.29, 1.82) is 0 Å². The molecule has 1 aromatic heterocycles. The highest BCUT2D eigenvalue weighted by molar-refractivity contribution is 6.04. The number of methoxy groups -OCH3 is 1. The number of carbonyl (C=O) groups excluding carboxylic acids is 1. The molecule has 29 heavy (non-hydrogen) atoms. The lowest BCUT2D eigenvalue weighted by atomic mass is 9.98. The molecule has 0 saturated carbocycles. The smallest absolute Gasteiger partial charge is 0.274 e. The van der Waals surface area contributed by atoms with Crippen LogP contribution in [0.25, 0.3) is 0 Å². The highest BCUT2D eigenvalue weighted by Gasteiger charge is 2.14. The van der Waals surface area contributed by atoms with Crippen molar-refractivity contribution in [3.8, 4) is 5.75 Å². The van der Waals surface area contributed by atoms with Crippen LogP contribution in [0, 0.1) is 6.92 Å². The van der Waals surface area contributed by atoms with Crippen molar-refractivity contribution in [1.82, 2.24) is 4.98 Å². The summed E-state index contributed by atoms with van der Waals surface area (Å²) in [6.07, 6.45) is 1.65. The second-order valence-electron chi connectivity index (χ2n) is 7.28. The zero-order valence-corrected chi connectivity index (χ0v) is 17.3. The number of para-hydroxylation sites is 1. The fraction of sp³-hybridized carbons (Fsp3) is 0.250. The van der Waals surface area contributed by atoms with E-state index in [2.05, 4.69) is 29.5 Å². The van der Waals surface area contributed by atoms with E-state index < -0.39 is 0 Å². The number of carbonyl (C=O) groups is 1. The Hall–Kier alpha value is -3.34. The Morgan fingerprint density at radius 3 is 2.55 bits per heavy atom. The number of ether oxygens (including phenoxy) is 1. The second kappa shape index (κ2) is 9.24. The van der Waals surface area contributed by atoms with Crippen LogP contribution < -0.4 is 15.4 Å². The van der Waals surface area contributed by atoms with Gasteiger partial charge in [-0.15, -0.1) is 0 Å². The van der Waals surface area contributed by atoms with Crippen LogP contribution in [0.1, 0.15) is 46.9 Å². The first-order valence-electron chi connectivity index (χ1n) is 9.71. The van der Waals surface area contributed by atoms with Crippen LogP contribution in [0.2, 0.25) is 0 Å². The molecule has 3 aromatic rings. The zero-order chi connectivity index (χ0) is 20.8. The van der Waals surface area contributed by atoms with E-state index in [4.69, 9.17) is 4.74 Å². The molecule has 0 aliphatic rings. The number of aromatic nitrogens is 1. The fourth-order valence-corrected chi connectivity index (χ4v) is 3.13. The molecule has 2 aromatic carbocycles. The van der Waals surface area contributed by atoms with Gasteiger partial charge in [0.15, 0.2) is 0 Å². The van der Waals surface area contributed by atoms with E-state index in [1.165, 1.54) is 0 Å². The number of benzene rings is 2. The van der Waals surface area contributed by atoms with Crippen LogP contribution in [0.3, 0.4) is 0 Å². The van der Waals surface area contributed by atoms with Crippen molar-refractivity contribution < 1.29 is 9.53 Å². The van der Waals surface area contributed by atoms with E-state index in [1.54, 1.807) is 19.4 Å². The van der Waals surface area contributed by atoms with Gasteiger partial charge in [-0.05, 0) is 53.8 Å². The molecule has 1 heterocycles. The Balaban J connectivity index is 1.71. The average Bonchev–Trinajstić information content (AvgIpc) is 2.74. The first-order chi connectivity index (χ1) is 14.0. The molecule has 0 radical (unpaired) electrons. The van der Waals surface area contributed by atoms with Crippen LogP contribution in [-0.4, -0.2) is 18.0 Å². The van der Waals surface area contributed by atoms with Gasteiger partial charge in [0.05, 0.1) is 7.11 Å². The molecular formula is C24H27N3O2. The molecule has 0 bridgehead atoms. The lowest BCUT2D eigenvalue weighted by Gasteiger charge is -2.16. The van der Waals surface area contributed by atoms with E-state index in [1.807, 2.05) is 55.5 Å². The number of hydrogen-bond acceptors (Lipinski definition) is 4. The van der Waals surface area contributed by atoms with Gasteiger partial charge < -0.3 is 15.4 Å². The van der Waals surface area contributed by atoms with E-state index in [0.29, 0.717) is 18.2 Å². The summed E-state index contributed by atoms with van der Waals surface area (Å²) >= 11 is 0. The third-order valence-corrected chi connectivity index (χ3v) is 4.81. The summed E-state index contributed by atoms with van der Waals surface area (Å²) < 4.78 is 5.18. The Morgan fingerprint density at radius 1 is 1.10 bits per heavy atom. The minimum atomic E-state index is -0.214. The summed E-state index contributed by atoms with van der Waals surface area (Å²) in [4.78, 5) is 17.1. The van der Waals surface area contributed by atoms with Crippen LogP contribution in [-0.2, 0) is 6.54 Å². The number of nitrogens with one attached hydrogen (secondary N) is 2. The molecule has 3 rings (SSSR count). The topological polar surface area (TPSA) is 63.2 Å². The molecule has 0 spiro atoms. The standard InChI is InChI=1S/C24H27N3O2/c1-16(2)21-7-5-6-17(3)23(21)27-24(28)22-14-19(12-13-25-22)26-15-18-8-10-20(29-4)11-9-18/h5-14,16H,15H2,1-4H3,(H,25,26)(H,27,28). The van der Waals surface area contributed by atoms with Crippen LogP contribution in [0.5, 0.6) is 5.75 Å². The lowest BCUT2D eigenvalue weighted by molar-refractivity contribution is 0.102. The molecule has 0 saturated heterocycles. The predicted molar refractivity (Wildman–Crippen MR) is 118 cm³/mol. The van der Waals surface area contributed by atoms with Gasteiger partial charge in [-0.2, -0.15) is 0 Å². The van der Waals surface area contributed by atoms with Gasteiger partial charge in [-0.25, -0.2) is 0 Å². The number of pyridine rings is 1. The van der Waals surface area contributed by atoms with Crippen LogP contribution >= 0.6 is 0 Å². The van der Waals surface area contributed by atoms with E-state index in [0.717, 1.165) is 33.8 Å². The average molecular weight is 389 g/mol. The maximum absolute atomic E-state index is 12.8. The summed E-state index contributed by atoms with van der Waals surface area (Å²) in [5.74, 6) is 0.929. The van der Waals surface area contributed by atoms with Crippen molar-refractivity contribution in [3.05, 3.63) is 83.2 Å². The molecule has 2 N–H and O–H groups in total. The third kappa shape index (κ3) is 5.13. The Bertz CT molecular complexity index is 982. The van der Waals surface area contributed by atoms with Gasteiger partial charge in [-0.3, -0.25) is 9.78 Å². The van der Waals surface area contributed by atoms with E-state index in [-0.39, 0.29) is 5.91 Å². The molecule has 0 aliphatic heterocycles. The number of hydrogen-bond donors (Lipinski definition) is 2. The normalized spacial score (nSPS) is 10.7. The first kappa shape index (κ1) is 20.4. The van der Waals surface area contributed by atoms with Crippen molar-refractivity contribution in [3.63, 3.8) is 0 Å². The summed E-state index contributed by atoms with van der Waals surface area (Å²) in [7, 11) is 1.65. The minimum Gasteiger partial charge on any atom is -0.497 e. The molecule has 150 valence electrons. The number of anilines is 2. The van der Waals surface area contributed by atoms with Gasteiger partial charge in [0, 0.05) is 24.1 Å². The highest BCUT2D eigenvalue weighted by atomic mass is 16.5. The third-order valence-electron chi connectivity index (χ3n) is 4.81. The molecule has 1 amide bonds. The minimum absolute atomic E-state index is 0.214. The molecule has 0 aliphatic carbocycles. The number of nitrogens with zero attached hydrogens (tertiary/aromatic N) is 1. The lowest BCUT2D eigenvalue weighted by Crippen LogP contribution is -2.16. The van der Waals surface area contributed by atoms with Gasteiger partial charge in [0.2, 0.25) is 0 Å². The van der Waals surface area contributed by atoms with Crippen molar-refractivity contribution >= 4 is 17.3 Å². The molecule has 0 atom stereocenters. The SMILES string of the molecule is COc1ccc(CNc2ccnc(C(=O)Nc3c(C)cccc3C(C)C)c2)cc1. The van der Waals surface area contributed by atoms with Crippen molar-refractivity contribution in [2.75, 3.05) is 17.7 Å². The van der Waals surface area contributed by atoms with Crippen LogP contribution in [0.15, 0.2) is 60.8 Å². The van der Waals surface area contributed by atoms with Crippen molar-refractivity contribution in [2.24, 2.45) is 0 Å². The highest BCUT2D eigenvalue weighted by Crippen LogP contribution is 2.28. The largest absolute Gasteiger partial charge is 0.497 e. The number of aryl methyl sites for hydroxylation is 1. The van der Waals surface area contributed by atoms with Gasteiger partial charge in [0.25, 0.3) is 5.91 Å². The summed E-state index contributed by atoms with van der Waals surface area (Å²) in [6.45, 7) is 6.88. The Kier molecular flexibility index (Phi) is 6.50. The number of amides is 1. The Morgan fingerprint density at radius 2 is 1.86 bits per heavy atom. The molecule has 5 heteroatoms. The predicted octanol–water partition coefficient (Wildman–Crippen LogP) is 5.39. The summed E-state index contributed by atoms with van der Waals surface area (Å²) in [6, 6.07) is 17.6. The van der Waals surface area contributed by atoms with E-state index in [9.17, 15) is 4.79 Å². The fourth-order valence-electron chi connectivity index (χ4n) is 3.13. The van der Waals surface area contributed by atoms with Gasteiger partial charge in [0.1, 0.15) is 11.4 Å². The van der Waals surface area contributed by atoms with Crippen molar-refractivity contribution in [2.45, 2.75) is 33.2 Å². The molecular weight excluding hydrogens is 362 g/mol. The van der Waals surface area contributed by atoms with Crippen LogP contribution in [0.4, 0.5) is 11.4 Å². The second-order valence-corrected chi connectivity index (χ2v) is 7.28. The Labute approximate surface area is 172 Å². The summed E-state index contributed by atoms with van der Waals surface area (Å²) in [5, 5.41) is 6.38. The first-order valence-corrected chi connectivity index (χ1v) is 9.71. The maximum Gasteiger partial charge on any atom is 0.274 e. The summed E-state index contributed by atoms with van der Waals surface area (Å²) in [5.41, 5.74) is 5.36. The van der Waals surface area contributed by atoms with Gasteiger partial charge in [-0.1, -0.05) is 44.2 Å². The monoisotopic (exact) mass is 389 g/mol. The maximum atomic E-state index is 12.8. The number of rotatable bonds is 7. The quantitative estimate of drug-likeness (QED) is 0.569. The van der Waals surface area contributed by atoms with E-state index >= 15 is 0 Å². The molecule has 0 unspecified atom stereocenters. The van der Waals surface area contributed by atoms with Gasteiger partial charge >= 0.3 is 0 Å². The zero-order valence-electron chi connectivity index (χ0n) is 17.3.